The van der Waals surface area contributed by atoms with Gasteiger partial charge in [0.2, 0.25) is 0 Å². The zero-order chi connectivity index (χ0) is 7.97. The van der Waals surface area contributed by atoms with Gasteiger partial charge in [-0.2, -0.15) is 0 Å². The maximum absolute atomic E-state index is 1.95. The van der Waals surface area contributed by atoms with Crippen LogP contribution in [0.15, 0.2) is 11.1 Å². The zero-order valence-electron chi connectivity index (χ0n) is 7.81. The molecule has 0 aliphatic heterocycles. The van der Waals surface area contributed by atoms with Crippen molar-refractivity contribution in [3.05, 3.63) is 11.1 Å². The highest BCUT2D eigenvalue weighted by atomic mass is 14.5. The lowest BCUT2D eigenvalue weighted by Gasteiger charge is -2.04. The first kappa shape index (κ1) is 7.17. The Morgan fingerprint density at radius 2 is 1.33 bits per heavy atom. The third-order valence-electron chi connectivity index (χ3n) is 4.07. The van der Waals surface area contributed by atoms with E-state index in [-0.39, 0.29) is 0 Å². The molecule has 2 atom stereocenters. The summed E-state index contributed by atoms with van der Waals surface area (Å²) in [7, 11) is 0. The van der Waals surface area contributed by atoms with Crippen LogP contribution < -0.4 is 0 Å². The van der Waals surface area contributed by atoms with Crippen LogP contribution >= 0.6 is 0 Å². The molecule has 0 saturated heterocycles. The number of allylic oxidation sites excluding steroid dienone is 2. The quantitative estimate of drug-likeness (QED) is 0.477. The average Bonchev–Trinajstić information content (AvgIpc) is 2.58. The Hall–Kier alpha value is -0.260. The SMILES string of the molecule is C1CCC(=C2C3CCCCC23)C1. The Bertz CT molecular complexity index is 202. The van der Waals surface area contributed by atoms with Crippen LogP contribution in [-0.4, -0.2) is 0 Å². The molecule has 66 valence electrons. The first-order valence-corrected chi connectivity index (χ1v) is 5.68. The monoisotopic (exact) mass is 162 g/mol. The fourth-order valence-electron chi connectivity index (χ4n) is 3.44. The van der Waals surface area contributed by atoms with E-state index >= 15 is 0 Å². The molecular formula is C12H18. The molecule has 0 heteroatoms. The van der Waals surface area contributed by atoms with E-state index in [1.807, 2.05) is 11.1 Å². The third-order valence-corrected chi connectivity index (χ3v) is 4.07. The van der Waals surface area contributed by atoms with Gasteiger partial charge < -0.3 is 0 Å². The molecule has 0 amide bonds. The number of hydrogen-bond acceptors (Lipinski definition) is 0. The van der Waals surface area contributed by atoms with Gasteiger partial charge in [0.1, 0.15) is 0 Å². The minimum absolute atomic E-state index is 1.09. The summed E-state index contributed by atoms with van der Waals surface area (Å²) in [5, 5.41) is 0. The van der Waals surface area contributed by atoms with E-state index in [1.165, 1.54) is 51.4 Å². The smallest absolute Gasteiger partial charge is 0.0132 e. The van der Waals surface area contributed by atoms with E-state index in [1.54, 1.807) is 0 Å². The highest BCUT2D eigenvalue weighted by Gasteiger charge is 2.46. The molecule has 3 fully saturated rings. The molecule has 0 aromatic carbocycles. The van der Waals surface area contributed by atoms with Gasteiger partial charge in [-0.1, -0.05) is 24.0 Å². The first-order valence-electron chi connectivity index (χ1n) is 5.68. The fraction of sp³-hybridized carbons (Fsp3) is 0.833. The van der Waals surface area contributed by atoms with Crippen LogP contribution in [0.3, 0.4) is 0 Å². The van der Waals surface area contributed by atoms with Gasteiger partial charge in [0.05, 0.1) is 0 Å². The lowest BCUT2D eigenvalue weighted by molar-refractivity contribution is 0.480. The normalized spacial score (nSPS) is 40.0. The van der Waals surface area contributed by atoms with Gasteiger partial charge in [-0.3, -0.25) is 0 Å². The molecule has 2 unspecified atom stereocenters. The molecule has 0 aromatic rings. The van der Waals surface area contributed by atoms with E-state index in [0.29, 0.717) is 0 Å². The van der Waals surface area contributed by atoms with Crippen LogP contribution in [-0.2, 0) is 0 Å². The highest BCUT2D eigenvalue weighted by Crippen LogP contribution is 2.58. The maximum atomic E-state index is 1.95. The molecule has 0 aromatic heterocycles. The van der Waals surface area contributed by atoms with Gasteiger partial charge in [-0.05, 0) is 50.4 Å². The van der Waals surface area contributed by atoms with E-state index < -0.39 is 0 Å². The molecule has 3 rings (SSSR count). The number of fused-ring (bicyclic) bond motifs is 1. The molecule has 12 heavy (non-hydrogen) atoms. The molecule has 0 N–H and O–H groups in total. The fourth-order valence-corrected chi connectivity index (χ4v) is 3.44. The molecule has 0 nitrogen and oxygen atoms in total. The lowest BCUT2D eigenvalue weighted by Crippen LogP contribution is -1.91. The summed E-state index contributed by atoms with van der Waals surface area (Å²) in [5.74, 6) is 2.18. The zero-order valence-corrected chi connectivity index (χ0v) is 7.81. The van der Waals surface area contributed by atoms with Crippen LogP contribution in [0.25, 0.3) is 0 Å². The van der Waals surface area contributed by atoms with E-state index in [4.69, 9.17) is 0 Å². The second kappa shape index (κ2) is 2.61. The van der Waals surface area contributed by atoms with Crippen LogP contribution in [0, 0.1) is 11.8 Å². The Labute approximate surface area is 75.0 Å². The summed E-state index contributed by atoms with van der Waals surface area (Å²) in [6.07, 6.45) is 12.0. The molecular weight excluding hydrogens is 144 g/mol. The van der Waals surface area contributed by atoms with Crippen molar-refractivity contribution in [3.8, 4) is 0 Å². The van der Waals surface area contributed by atoms with Crippen molar-refractivity contribution in [2.45, 2.75) is 51.4 Å². The highest BCUT2D eigenvalue weighted by molar-refractivity contribution is 5.36. The third kappa shape index (κ3) is 0.967. The van der Waals surface area contributed by atoms with Gasteiger partial charge in [0.15, 0.2) is 0 Å². The number of hydrogen-bond donors (Lipinski definition) is 0. The van der Waals surface area contributed by atoms with Gasteiger partial charge >= 0.3 is 0 Å². The largest absolute Gasteiger partial charge is 0.0704 e. The molecule has 3 saturated carbocycles. The van der Waals surface area contributed by atoms with Gasteiger partial charge in [0.25, 0.3) is 0 Å². The number of rotatable bonds is 0. The Balaban J connectivity index is 1.82. The second-order valence-electron chi connectivity index (χ2n) is 4.76. The standard InChI is InChI=1S/C12H18/c1-2-6-9(5-1)12-10-7-3-4-8-11(10)12/h10-11H,1-8H2. The molecule has 0 radical (unpaired) electrons. The molecule has 3 aliphatic carbocycles. The topological polar surface area (TPSA) is 0 Å². The van der Waals surface area contributed by atoms with Crippen molar-refractivity contribution < 1.29 is 0 Å². The van der Waals surface area contributed by atoms with Crippen LogP contribution in [0.1, 0.15) is 51.4 Å². The summed E-state index contributed by atoms with van der Waals surface area (Å²) in [6, 6.07) is 0. The summed E-state index contributed by atoms with van der Waals surface area (Å²) < 4.78 is 0. The van der Waals surface area contributed by atoms with Crippen LogP contribution in [0.5, 0.6) is 0 Å². The van der Waals surface area contributed by atoms with Crippen LogP contribution in [0.2, 0.25) is 0 Å². The maximum Gasteiger partial charge on any atom is -0.0132 e. The lowest BCUT2D eigenvalue weighted by atomic mass is 10.0. The van der Waals surface area contributed by atoms with Gasteiger partial charge in [-0.15, -0.1) is 0 Å². The second-order valence-corrected chi connectivity index (χ2v) is 4.76. The van der Waals surface area contributed by atoms with Crippen LogP contribution in [0.4, 0.5) is 0 Å². The predicted octanol–water partition coefficient (Wildman–Crippen LogP) is 3.68. The Morgan fingerprint density at radius 3 is 1.92 bits per heavy atom. The van der Waals surface area contributed by atoms with Crippen molar-refractivity contribution >= 4 is 0 Å². The molecule has 3 aliphatic rings. The van der Waals surface area contributed by atoms with E-state index in [2.05, 4.69) is 0 Å². The van der Waals surface area contributed by atoms with Crippen molar-refractivity contribution in [1.82, 2.24) is 0 Å². The molecule has 0 heterocycles. The average molecular weight is 162 g/mol. The summed E-state index contributed by atoms with van der Waals surface area (Å²) in [5.41, 5.74) is 3.84. The van der Waals surface area contributed by atoms with Crippen molar-refractivity contribution in [3.63, 3.8) is 0 Å². The predicted molar refractivity (Wildman–Crippen MR) is 50.9 cm³/mol. The van der Waals surface area contributed by atoms with E-state index in [9.17, 15) is 0 Å². The van der Waals surface area contributed by atoms with Crippen molar-refractivity contribution in [1.29, 1.82) is 0 Å². The first-order chi connectivity index (χ1) is 5.97. The summed E-state index contributed by atoms with van der Waals surface area (Å²) >= 11 is 0. The van der Waals surface area contributed by atoms with Gasteiger partial charge in [-0.25, -0.2) is 0 Å². The summed E-state index contributed by atoms with van der Waals surface area (Å²) in [6.45, 7) is 0. The molecule has 0 spiro atoms. The van der Waals surface area contributed by atoms with E-state index in [0.717, 1.165) is 11.8 Å². The minimum atomic E-state index is 1.09. The van der Waals surface area contributed by atoms with Crippen molar-refractivity contribution in [2.75, 3.05) is 0 Å². The molecule has 0 bridgehead atoms. The minimum Gasteiger partial charge on any atom is -0.0704 e. The summed E-state index contributed by atoms with van der Waals surface area (Å²) in [4.78, 5) is 0. The van der Waals surface area contributed by atoms with Gasteiger partial charge in [0, 0.05) is 0 Å². The van der Waals surface area contributed by atoms with Crippen molar-refractivity contribution in [2.24, 2.45) is 11.8 Å². The Morgan fingerprint density at radius 1 is 0.750 bits per heavy atom. The Kier molecular flexibility index (Phi) is 1.56.